The number of alkyl carbamates (subject to hydrolysis) is 1. The summed E-state index contributed by atoms with van der Waals surface area (Å²) < 4.78 is 17.5. The van der Waals surface area contributed by atoms with Gasteiger partial charge in [0.25, 0.3) is 0 Å². The third-order valence-corrected chi connectivity index (χ3v) is 11.8. The first-order chi connectivity index (χ1) is 31.6. The number of aromatic nitrogens is 1. The molecule has 3 amide bonds. The van der Waals surface area contributed by atoms with Crippen molar-refractivity contribution in [1.82, 2.24) is 25.8 Å². The van der Waals surface area contributed by atoms with Crippen molar-refractivity contribution in [3.63, 3.8) is 0 Å². The normalized spacial score (nSPS) is 17.4. The Morgan fingerprint density at radius 3 is 2.34 bits per heavy atom. The Bertz CT molecular complexity index is 2630. The number of phenolic OH excluding ortho intramolecular Hbond substituents is 1. The number of ether oxygens (including phenoxy) is 3. The Hall–Kier alpha value is -7.20. The summed E-state index contributed by atoms with van der Waals surface area (Å²) in [5, 5.41) is 33.2. The van der Waals surface area contributed by atoms with Gasteiger partial charge in [0, 0.05) is 36.8 Å². The zero-order chi connectivity index (χ0) is 45.1. The molecule has 4 heterocycles. The SMILES string of the molecule is O=C(NCCOC(=O)c1ccc(COc2cccc(C(NC(=O)O[C@H]3CN4CCC3CC4)c3ccccc3)c2)cc1)Nc1ccc(CNCC(O)c2ccc(O)c3[nH]c(=O)ccc23)cc1. The standard InChI is InChI=1S/C50H52N6O9/c57-42-19-17-40(41-18-20-45(59)54-47(41)42)43(58)29-51-28-32-11-15-38(16-12-32)53-49(61)52-23-26-63-48(60)36-13-9-33(10-14-36)31-64-39-8-4-7-37(27-39)46(35-5-2-1-3-6-35)55-50(62)65-44-30-56-24-21-34(44)22-25-56/h1-20,27,34,43-44,46,51,57-58H,21-26,28-31H2,(H,54,59)(H,55,62)(H2,52,53,61)/t43?,44-,46?/m0/s1. The molecule has 3 fully saturated rings. The van der Waals surface area contributed by atoms with E-state index in [4.69, 9.17) is 14.2 Å². The minimum absolute atomic E-state index is 0.0297. The molecule has 5 aromatic carbocycles. The van der Waals surface area contributed by atoms with Gasteiger partial charge in [0.05, 0.1) is 29.8 Å². The summed E-state index contributed by atoms with van der Waals surface area (Å²) >= 11 is 0. The molecule has 65 heavy (non-hydrogen) atoms. The van der Waals surface area contributed by atoms with Crippen molar-refractivity contribution in [2.24, 2.45) is 5.92 Å². The highest BCUT2D eigenvalue weighted by Crippen LogP contribution is 2.32. The van der Waals surface area contributed by atoms with Crippen LogP contribution in [-0.4, -0.2) is 83.6 Å². The van der Waals surface area contributed by atoms with Gasteiger partial charge in [0.2, 0.25) is 5.56 Å². The molecule has 7 N–H and O–H groups in total. The molecule has 0 saturated carbocycles. The monoisotopic (exact) mass is 880 g/mol. The topological polar surface area (TPSA) is 204 Å². The summed E-state index contributed by atoms with van der Waals surface area (Å²) in [4.78, 5) is 55.1. The third kappa shape index (κ3) is 11.7. The molecule has 15 nitrogen and oxygen atoms in total. The van der Waals surface area contributed by atoms with Crippen LogP contribution in [0.25, 0.3) is 10.9 Å². The number of amides is 3. The number of aromatic hydroxyl groups is 1. The van der Waals surface area contributed by atoms with E-state index in [1.807, 2.05) is 66.7 Å². The largest absolute Gasteiger partial charge is 0.506 e. The molecule has 0 spiro atoms. The van der Waals surface area contributed by atoms with E-state index in [1.165, 1.54) is 12.1 Å². The molecular formula is C50H52N6O9. The van der Waals surface area contributed by atoms with Gasteiger partial charge < -0.3 is 50.7 Å². The number of rotatable bonds is 17. The van der Waals surface area contributed by atoms with Gasteiger partial charge in [0.15, 0.2) is 0 Å². The van der Waals surface area contributed by atoms with Gasteiger partial charge in [-0.3, -0.25) is 9.69 Å². The highest BCUT2D eigenvalue weighted by atomic mass is 16.6. The van der Waals surface area contributed by atoms with Crippen LogP contribution in [0.1, 0.15) is 63.2 Å². The Balaban J connectivity index is 0.742. The van der Waals surface area contributed by atoms with Gasteiger partial charge in [-0.05, 0) is 108 Å². The second-order valence-corrected chi connectivity index (χ2v) is 16.3. The number of benzene rings is 5. The molecule has 3 aliphatic heterocycles. The lowest BCUT2D eigenvalue weighted by molar-refractivity contribution is -0.0336. The first-order valence-electron chi connectivity index (χ1n) is 21.8. The highest BCUT2D eigenvalue weighted by molar-refractivity contribution is 5.90. The quantitative estimate of drug-likeness (QED) is 0.0388. The van der Waals surface area contributed by atoms with E-state index in [-0.39, 0.29) is 49.2 Å². The molecule has 336 valence electrons. The number of carbonyl (C=O) groups excluding carboxylic acids is 3. The van der Waals surface area contributed by atoms with Gasteiger partial charge in [-0.2, -0.15) is 0 Å². The summed E-state index contributed by atoms with van der Waals surface area (Å²) in [5.41, 5.74) is 4.95. The average Bonchev–Trinajstić information content (AvgIpc) is 3.33. The number of aliphatic hydroxyl groups is 1. The number of phenols is 1. The molecule has 3 saturated heterocycles. The van der Waals surface area contributed by atoms with Crippen molar-refractivity contribution in [2.45, 2.75) is 44.2 Å². The molecule has 15 heteroatoms. The number of esters is 1. The average molecular weight is 881 g/mol. The van der Waals surface area contributed by atoms with E-state index in [0.717, 1.165) is 54.7 Å². The number of nitrogens with zero attached hydrogens (tertiary/aromatic N) is 1. The van der Waals surface area contributed by atoms with E-state index < -0.39 is 30.2 Å². The van der Waals surface area contributed by atoms with Gasteiger partial charge >= 0.3 is 18.1 Å². The number of H-pyrrole nitrogens is 1. The van der Waals surface area contributed by atoms with E-state index >= 15 is 0 Å². The molecule has 1 aromatic heterocycles. The summed E-state index contributed by atoms with van der Waals surface area (Å²) in [6, 6.07) is 36.6. The Morgan fingerprint density at radius 2 is 1.58 bits per heavy atom. The molecule has 3 atom stereocenters. The number of aromatic amines is 1. The van der Waals surface area contributed by atoms with Crippen LogP contribution in [0.3, 0.4) is 0 Å². The van der Waals surface area contributed by atoms with Gasteiger partial charge in [-0.25, -0.2) is 14.4 Å². The minimum Gasteiger partial charge on any atom is -0.506 e. The van der Waals surface area contributed by atoms with Crippen LogP contribution in [0.15, 0.2) is 132 Å². The fraction of sp³-hybridized carbons (Fsp3) is 0.280. The maximum Gasteiger partial charge on any atom is 0.408 e. The summed E-state index contributed by atoms with van der Waals surface area (Å²) in [7, 11) is 0. The predicted molar refractivity (Wildman–Crippen MR) is 245 cm³/mol. The third-order valence-electron chi connectivity index (χ3n) is 11.8. The predicted octanol–water partition coefficient (Wildman–Crippen LogP) is 6.52. The van der Waals surface area contributed by atoms with E-state index in [2.05, 4.69) is 31.2 Å². The highest BCUT2D eigenvalue weighted by Gasteiger charge is 2.37. The second kappa shape index (κ2) is 21.0. The molecular weight excluding hydrogens is 829 g/mol. The number of hydrogen-bond donors (Lipinski definition) is 7. The second-order valence-electron chi connectivity index (χ2n) is 16.3. The maximum atomic E-state index is 13.2. The van der Waals surface area contributed by atoms with Crippen molar-refractivity contribution in [3.8, 4) is 11.5 Å². The number of nitrogens with one attached hydrogen (secondary N) is 5. The number of anilines is 1. The lowest BCUT2D eigenvalue weighted by Gasteiger charge is -2.43. The van der Waals surface area contributed by atoms with Crippen LogP contribution in [0.5, 0.6) is 11.5 Å². The summed E-state index contributed by atoms with van der Waals surface area (Å²) in [5.74, 6) is 0.433. The summed E-state index contributed by atoms with van der Waals surface area (Å²) in [6.45, 7) is 3.90. The van der Waals surface area contributed by atoms with Crippen LogP contribution in [0.4, 0.5) is 15.3 Å². The Labute approximate surface area is 375 Å². The fourth-order valence-electron chi connectivity index (χ4n) is 8.31. The van der Waals surface area contributed by atoms with Crippen molar-refractivity contribution in [3.05, 3.63) is 171 Å². The molecule has 9 rings (SSSR count). The van der Waals surface area contributed by atoms with Crippen molar-refractivity contribution < 1.29 is 38.8 Å². The summed E-state index contributed by atoms with van der Waals surface area (Å²) in [6.07, 6.45) is 0.682. The number of hydrogen-bond acceptors (Lipinski definition) is 11. The zero-order valence-electron chi connectivity index (χ0n) is 35.7. The zero-order valence-corrected chi connectivity index (χ0v) is 35.7. The number of aliphatic hydroxyl groups excluding tert-OH is 1. The van der Waals surface area contributed by atoms with Crippen molar-refractivity contribution in [1.29, 1.82) is 0 Å². The van der Waals surface area contributed by atoms with Gasteiger partial charge in [0.1, 0.15) is 30.8 Å². The number of fused-ring (bicyclic) bond motifs is 4. The molecule has 2 unspecified atom stereocenters. The first kappa shape index (κ1) is 44.4. The minimum atomic E-state index is -0.890. The lowest BCUT2D eigenvalue weighted by Crippen LogP contribution is -2.52. The molecule has 2 bridgehead atoms. The van der Waals surface area contributed by atoms with Crippen LogP contribution < -0.4 is 31.6 Å². The van der Waals surface area contributed by atoms with Crippen LogP contribution in [-0.2, 0) is 22.6 Å². The Morgan fingerprint density at radius 1 is 0.831 bits per heavy atom. The van der Waals surface area contributed by atoms with E-state index in [1.54, 1.807) is 48.5 Å². The number of pyridine rings is 1. The number of piperidine rings is 3. The van der Waals surface area contributed by atoms with E-state index in [9.17, 15) is 29.4 Å². The van der Waals surface area contributed by atoms with Crippen molar-refractivity contribution >= 4 is 34.7 Å². The van der Waals surface area contributed by atoms with Crippen LogP contribution in [0.2, 0.25) is 0 Å². The fourth-order valence-corrected chi connectivity index (χ4v) is 8.31. The lowest BCUT2D eigenvalue weighted by atomic mass is 9.86. The number of carbonyl (C=O) groups is 3. The molecule has 0 aliphatic carbocycles. The van der Waals surface area contributed by atoms with Gasteiger partial charge in [-0.1, -0.05) is 72.8 Å². The van der Waals surface area contributed by atoms with Gasteiger partial charge in [-0.15, -0.1) is 0 Å². The number of urea groups is 1. The maximum absolute atomic E-state index is 13.2. The smallest absolute Gasteiger partial charge is 0.408 e. The first-order valence-corrected chi connectivity index (χ1v) is 21.8. The molecule has 6 aromatic rings. The molecule has 3 aliphatic rings. The van der Waals surface area contributed by atoms with Crippen molar-refractivity contribution in [2.75, 3.05) is 44.6 Å². The van der Waals surface area contributed by atoms with E-state index in [0.29, 0.717) is 40.4 Å². The van der Waals surface area contributed by atoms with Crippen LogP contribution >= 0.6 is 0 Å². The van der Waals surface area contributed by atoms with Crippen LogP contribution in [0, 0.1) is 5.92 Å². The Kier molecular flexibility index (Phi) is 14.3. The molecule has 0 radical (unpaired) electrons.